The van der Waals surface area contributed by atoms with Crippen molar-refractivity contribution < 1.29 is 14.3 Å². The average molecular weight is 235 g/mol. The molecule has 17 heavy (non-hydrogen) atoms. The summed E-state index contributed by atoms with van der Waals surface area (Å²) in [6, 6.07) is 4.66. The van der Waals surface area contributed by atoms with Crippen LogP contribution in [0.3, 0.4) is 0 Å². The molecule has 0 aromatic carbocycles. The van der Waals surface area contributed by atoms with Gasteiger partial charge in [-0.25, -0.2) is 0 Å². The molecule has 0 spiro atoms. The molecule has 0 radical (unpaired) electrons. The monoisotopic (exact) mass is 235 g/mol. The molecule has 90 valence electrons. The molecule has 1 aliphatic heterocycles. The molecular formula is C11H13N3O3. The van der Waals surface area contributed by atoms with E-state index in [2.05, 4.69) is 10.3 Å². The second-order valence-electron chi connectivity index (χ2n) is 3.76. The van der Waals surface area contributed by atoms with Gasteiger partial charge in [-0.15, -0.1) is 0 Å². The van der Waals surface area contributed by atoms with Gasteiger partial charge < -0.3 is 10.1 Å². The van der Waals surface area contributed by atoms with Crippen LogP contribution in [-0.2, 0) is 9.59 Å². The summed E-state index contributed by atoms with van der Waals surface area (Å²) in [5.41, 5.74) is 0. The standard InChI is InChI=1S/C11H13N3O3/c1-14-10(15)6-7(11(14)16)12-8-4-3-5-9(13-8)17-2/h3-5,7H,6H2,1-2H3,(H,12,13). The van der Waals surface area contributed by atoms with E-state index >= 15 is 0 Å². The van der Waals surface area contributed by atoms with Crippen LogP contribution >= 0.6 is 0 Å². The summed E-state index contributed by atoms with van der Waals surface area (Å²) in [5.74, 6) is 0.556. The zero-order valence-electron chi connectivity index (χ0n) is 9.64. The number of amides is 2. The van der Waals surface area contributed by atoms with Gasteiger partial charge in [0.15, 0.2) is 0 Å². The van der Waals surface area contributed by atoms with Crippen LogP contribution in [0.1, 0.15) is 6.42 Å². The number of hydrogen-bond acceptors (Lipinski definition) is 5. The minimum Gasteiger partial charge on any atom is -0.481 e. The molecule has 1 unspecified atom stereocenters. The van der Waals surface area contributed by atoms with Crippen molar-refractivity contribution in [3.05, 3.63) is 18.2 Å². The van der Waals surface area contributed by atoms with Gasteiger partial charge in [0.1, 0.15) is 11.9 Å². The maximum absolute atomic E-state index is 11.7. The summed E-state index contributed by atoms with van der Waals surface area (Å²) >= 11 is 0. The summed E-state index contributed by atoms with van der Waals surface area (Å²) in [6.07, 6.45) is 0.161. The van der Waals surface area contributed by atoms with Crippen LogP contribution in [0.15, 0.2) is 18.2 Å². The van der Waals surface area contributed by atoms with Crippen LogP contribution in [0.25, 0.3) is 0 Å². The zero-order chi connectivity index (χ0) is 12.4. The molecule has 1 aromatic rings. The number of pyridine rings is 1. The Balaban J connectivity index is 2.11. The number of aromatic nitrogens is 1. The minimum absolute atomic E-state index is 0.161. The molecule has 2 heterocycles. The predicted molar refractivity (Wildman–Crippen MR) is 60.6 cm³/mol. The van der Waals surface area contributed by atoms with Crippen LogP contribution in [0, 0.1) is 0 Å². The van der Waals surface area contributed by atoms with Gasteiger partial charge in [0, 0.05) is 13.1 Å². The quantitative estimate of drug-likeness (QED) is 0.761. The summed E-state index contributed by atoms with van der Waals surface area (Å²) in [7, 11) is 3.00. The fourth-order valence-corrected chi connectivity index (χ4v) is 1.66. The number of likely N-dealkylation sites (tertiary alicyclic amines) is 1. The molecule has 1 atom stereocenters. The molecule has 1 aliphatic rings. The maximum Gasteiger partial charge on any atom is 0.251 e. The molecule has 1 aromatic heterocycles. The summed E-state index contributed by atoms with van der Waals surface area (Å²) in [6.45, 7) is 0. The number of methoxy groups -OCH3 is 1. The number of ether oxygens (including phenoxy) is 1. The minimum atomic E-state index is -0.535. The number of imide groups is 1. The topological polar surface area (TPSA) is 71.5 Å². The Hall–Kier alpha value is -2.11. The molecule has 1 saturated heterocycles. The second kappa shape index (κ2) is 4.40. The largest absolute Gasteiger partial charge is 0.481 e. The highest BCUT2D eigenvalue weighted by Gasteiger charge is 2.36. The third kappa shape index (κ3) is 2.20. The number of hydrogen-bond donors (Lipinski definition) is 1. The third-order valence-corrected chi connectivity index (χ3v) is 2.64. The highest BCUT2D eigenvalue weighted by molar-refractivity contribution is 6.06. The van der Waals surface area contributed by atoms with Gasteiger partial charge in [-0.2, -0.15) is 4.98 Å². The van der Waals surface area contributed by atoms with Gasteiger partial charge in [0.25, 0.3) is 5.91 Å². The predicted octanol–water partition coefficient (Wildman–Crippen LogP) is 0.259. The Morgan fingerprint density at radius 2 is 2.24 bits per heavy atom. The van der Waals surface area contributed by atoms with Gasteiger partial charge in [-0.3, -0.25) is 14.5 Å². The summed E-state index contributed by atoms with van der Waals surface area (Å²) < 4.78 is 4.98. The lowest BCUT2D eigenvalue weighted by Gasteiger charge is -2.11. The summed E-state index contributed by atoms with van der Waals surface area (Å²) in [4.78, 5) is 28.2. The van der Waals surface area contributed by atoms with Crippen molar-refractivity contribution in [1.82, 2.24) is 9.88 Å². The van der Waals surface area contributed by atoms with Crippen LogP contribution in [0.5, 0.6) is 5.88 Å². The van der Waals surface area contributed by atoms with E-state index in [0.29, 0.717) is 11.7 Å². The Kier molecular flexibility index (Phi) is 2.95. The third-order valence-electron chi connectivity index (χ3n) is 2.64. The summed E-state index contributed by atoms with van der Waals surface area (Å²) in [5, 5.41) is 2.92. The number of carbonyl (C=O) groups excluding carboxylic acids is 2. The van der Waals surface area contributed by atoms with Crippen LogP contribution in [0.2, 0.25) is 0 Å². The van der Waals surface area contributed by atoms with Crippen LogP contribution < -0.4 is 10.1 Å². The van der Waals surface area contributed by atoms with Crippen LogP contribution in [-0.4, -0.2) is 41.9 Å². The van der Waals surface area contributed by atoms with Crippen molar-refractivity contribution in [3.8, 4) is 5.88 Å². The maximum atomic E-state index is 11.7. The number of carbonyl (C=O) groups is 2. The first-order valence-corrected chi connectivity index (χ1v) is 5.20. The first-order chi connectivity index (χ1) is 8.11. The first kappa shape index (κ1) is 11.4. The number of anilines is 1. The lowest BCUT2D eigenvalue weighted by molar-refractivity contribution is -0.136. The lowest BCUT2D eigenvalue weighted by Crippen LogP contribution is -2.32. The van der Waals surface area contributed by atoms with E-state index in [0.717, 1.165) is 4.90 Å². The van der Waals surface area contributed by atoms with E-state index in [-0.39, 0.29) is 18.2 Å². The smallest absolute Gasteiger partial charge is 0.251 e. The molecule has 0 bridgehead atoms. The normalized spacial score (nSPS) is 19.6. The van der Waals surface area contributed by atoms with Gasteiger partial charge in [-0.05, 0) is 6.07 Å². The van der Waals surface area contributed by atoms with Crippen molar-refractivity contribution in [2.45, 2.75) is 12.5 Å². The van der Waals surface area contributed by atoms with Crippen molar-refractivity contribution >= 4 is 17.6 Å². The number of nitrogens with one attached hydrogen (secondary N) is 1. The molecule has 2 amide bonds. The van der Waals surface area contributed by atoms with Crippen molar-refractivity contribution in [1.29, 1.82) is 0 Å². The van der Waals surface area contributed by atoms with E-state index in [4.69, 9.17) is 4.74 Å². The van der Waals surface area contributed by atoms with Crippen molar-refractivity contribution in [2.24, 2.45) is 0 Å². The van der Waals surface area contributed by atoms with Crippen LogP contribution in [0.4, 0.5) is 5.82 Å². The number of likely N-dealkylation sites (N-methyl/N-ethyl adjacent to an activating group) is 1. The Morgan fingerprint density at radius 1 is 1.47 bits per heavy atom. The fourth-order valence-electron chi connectivity index (χ4n) is 1.66. The number of rotatable bonds is 3. The molecule has 2 rings (SSSR count). The Morgan fingerprint density at radius 3 is 2.82 bits per heavy atom. The fraction of sp³-hybridized carbons (Fsp3) is 0.364. The molecule has 1 N–H and O–H groups in total. The highest BCUT2D eigenvalue weighted by Crippen LogP contribution is 2.17. The SMILES string of the molecule is COc1cccc(NC2CC(=O)N(C)C2=O)n1. The van der Waals surface area contributed by atoms with Gasteiger partial charge in [0.05, 0.1) is 13.5 Å². The van der Waals surface area contributed by atoms with E-state index in [1.165, 1.54) is 14.2 Å². The Bertz CT molecular complexity index is 461. The van der Waals surface area contributed by atoms with E-state index in [1.807, 2.05) is 0 Å². The van der Waals surface area contributed by atoms with Gasteiger partial charge >= 0.3 is 0 Å². The highest BCUT2D eigenvalue weighted by atomic mass is 16.5. The van der Waals surface area contributed by atoms with E-state index in [1.54, 1.807) is 18.2 Å². The van der Waals surface area contributed by atoms with Gasteiger partial charge in [-0.1, -0.05) is 6.07 Å². The van der Waals surface area contributed by atoms with Crippen molar-refractivity contribution in [2.75, 3.05) is 19.5 Å². The van der Waals surface area contributed by atoms with Crippen molar-refractivity contribution in [3.63, 3.8) is 0 Å². The average Bonchev–Trinajstić information content (AvgIpc) is 2.57. The molecule has 0 saturated carbocycles. The second-order valence-corrected chi connectivity index (χ2v) is 3.76. The molecule has 1 fully saturated rings. The Labute approximate surface area is 98.6 Å². The molecule has 0 aliphatic carbocycles. The lowest BCUT2D eigenvalue weighted by atomic mass is 10.2. The zero-order valence-corrected chi connectivity index (χ0v) is 9.64. The molecular weight excluding hydrogens is 222 g/mol. The van der Waals surface area contributed by atoms with E-state index in [9.17, 15) is 9.59 Å². The number of nitrogens with zero attached hydrogens (tertiary/aromatic N) is 2. The first-order valence-electron chi connectivity index (χ1n) is 5.20. The van der Waals surface area contributed by atoms with Gasteiger partial charge in [0.2, 0.25) is 11.8 Å². The van der Waals surface area contributed by atoms with E-state index < -0.39 is 6.04 Å². The molecule has 6 heteroatoms. The molecule has 6 nitrogen and oxygen atoms in total.